The van der Waals surface area contributed by atoms with E-state index in [0.29, 0.717) is 18.5 Å². The zero-order valence-corrected chi connectivity index (χ0v) is 17.8. The third-order valence-corrected chi connectivity index (χ3v) is 6.13. The van der Waals surface area contributed by atoms with E-state index in [1.165, 1.54) is 4.90 Å². The first-order valence-corrected chi connectivity index (χ1v) is 10.5. The van der Waals surface area contributed by atoms with Crippen molar-refractivity contribution >= 4 is 41.6 Å². The Labute approximate surface area is 177 Å². The first-order chi connectivity index (χ1) is 14.4. The van der Waals surface area contributed by atoms with Crippen LogP contribution in [-0.4, -0.2) is 56.7 Å². The number of carbonyl (C=O) groups excluding carboxylic acids is 4. The SMILES string of the molecule is CC(C)N(C)c1c(N2CCC(C=O)CC2)cccc1N(C=O)C1CCC(=O)NC1=O. The Hall–Kier alpha value is -2.90. The maximum atomic E-state index is 12.5. The van der Waals surface area contributed by atoms with E-state index in [4.69, 9.17) is 0 Å². The number of para-hydroxylation sites is 1. The second-order valence-electron chi connectivity index (χ2n) is 8.29. The molecule has 8 nitrogen and oxygen atoms in total. The molecule has 0 saturated carbocycles. The van der Waals surface area contributed by atoms with Crippen molar-refractivity contribution in [3.8, 4) is 0 Å². The van der Waals surface area contributed by atoms with Crippen LogP contribution >= 0.6 is 0 Å². The van der Waals surface area contributed by atoms with E-state index >= 15 is 0 Å². The molecule has 0 radical (unpaired) electrons. The predicted octanol–water partition coefficient (Wildman–Crippen LogP) is 1.71. The van der Waals surface area contributed by atoms with Crippen molar-refractivity contribution in [1.29, 1.82) is 0 Å². The normalized spacial score (nSPS) is 20.1. The molecule has 0 aliphatic carbocycles. The molecule has 162 valence electrons. The summed E-state index contributed by atoms with van der Waals surface area (Å²) < 4.78 is 0. The van der Waals surface area contributed by atoms with Crippen molar-refractivity contribution in [2.45, 2.75) is 51.6 Å². The van der Waals surface area contributed by atoms with Crippen LogP contribution in [0.2, 0.25) is 0 Å². The molecule has 2 heterocycles. The maximum Gasteiger partial charge on any atom is 0.249 e. The molecule has 2 aliphatic rings. The van der Waals surface area contributed by atoms with E-state index in [1.54, 1.807) is 0 Å². The summed E-state index contributed by atoms with van der Waals surface area (Å²) in [5, 5.41) is 2.34. The standard InChI is InChI=1S/C22H30N4O4/c1-15(2)24(3)21-17(25-11-9-16(13-27)10-12-25)5-4-6-18(21)26(14-28)19-7-8-20(29)23-22(19)30/h4-6,13-16,19H,7-12H2,1-3H3,(H,23,29,30). The summed E-state index contributed by atoms with van der Waals surface area (Å²) in [6.07, 6.45) is 3.80. The molecule has 1 aromatic carbocycles. The Morgan fingerprint density at radius 1 is 1.13 bits per heavy atom. The fraction of sp³-hybridized carbons (Fsp3) is 0.545. The summed E-state index contributed by atoms with van der Waals surface area (Å²) >= 11 is 0. The summed E-state index contributed by atoms with van der Waals surface area (Å²) in [6, 6.07) is 5.18. The van der Waals surface area contributed by atoms with Gasteiger partial charge in [0.25, 0.3) is 0 Å². The number of amides is 3. The van der Waals surface area contributed by atoms with Gasteiger partial charge < -0.3 is 19.5 Å². The molecular formula is C22H30N4O4. The van der Waals surface area contributed by atoms with E-state index in [-0.39, 0.29) is 24.3 Å². The summed E-state index contributed by atoms with van der Waals surface area (Å²) in [5.74, 6) is -0.673. The number of aldehydes is 1. The van der Waals surface area contributed by atoms with E-state index in [2.05, 4.69) is 29.0 Å². The van der Waals surface area contributed by atoms with Crippen molar-refractivity contribution < 1.29 is 19.2 Å². The van der Waals surface area contributed by atoms with Crippen LogP contribution in [0.1, 0.15) is 39.5 Å². The number of nitrogens with zero attached hydrogens (tertiary/aromatic N) is 3. The van der Waals surface area contributed by atoms with Gasteiger partial charge in [-0.3, -0.25) is 19.7 Å². The molecule has 0 bridgehead atoms. The van der Waals surface area contributed by atoms with E-state index in [0.717, 1.165) is 43.6 Å². The zero-order chi connectivity index (χ0) is 21.8. The first kappa shape index (κ1) is 21.8. The third kappa shape index (κ3) is 4.32. The molecule has 1 unspecified atom stereocenters. The number of imide groups is 1. The number of nitrogens with one attached hydrogen (secondary N) is 1. The van der Waals surface area contributed by atoms with Crippen LogP contribution < -0.4 is 20.0 Å². The molecule has 2 saturated heterocycles. The monoisotopic (exact) mass is 414 g/mol. The van der Waals surface area contributed by atoms with Gasteiger partial charge in [-0.05, 0) is 45.2 Å². The van der Waals surface area contributed by atoms with Crippen molar-refractivity contribution in [1.82, 2.24) is 5.32 Å². The van der Waals surface area contributed by atoms with Gasteiger partial charge in [0.15, 0.2) is 0 Å². The van der Waals surface area contributed by atoms with Gasteiger partial charge in [0.2, 0.25) is 18.2 Å². The zero-order valence-electron chi connectivity index (χ0n) is 17.8. The van der Waals surface area contributed by atoms with Crippen molar-refractivity contribution in [3.63, 3.8) is 0 Å². The fourth-order valence-corrected chi connectivity index (χ4v) is 4.12. The Balaban J connectivity index is 2.03. The average Bonchev–Trinajstić information content (AvgIpc) is 2.75. The lowest BCUT2D eigenvalue weighted by Crippen LogP contribution is -2.52. The Morgan fingerprint density at radius 3 is 2.40 bits per heavy atom. The predicted molar refractivity (Wildman–Crippen MR) is 116 cm³/mol. The van der Waals surface area contributed by atoms with Gasteiger partial charge in [-0.15, -0.1) is 0 Å². The van der Waals surface area contributed by atoms with Crippen LogP contribution in [-0.2, 0) is 19.2 Å². The second-order valence-corrected chi connectivity index (χ2v) is 8.29. The van der Waals surface area contributed by atoms with Crippen LogP contribution in [0.15, 0.2) is 18.2 Å². The highest BCUT2D eigenvalue weighted by Crippen LogP contribution is 2.41. The molecule has 1 atom stereocenters. The molecule has 3 rings (SSSR count). The quantitative estimate of drug-likeness (QED) is 0.540. The van der Waals surface area contributed by atoms with Gasteiger partial charge in [-0.25, -0.2) is 0 Å². The topological polar surface area (TPSA) is 90.0 Å². The Morgan fingerprint density at radius 2 is 1.83 bits per heavy atom. The number of benzene rings is 1. The van der Waals surface area contributed by atoms with Gasteiger partial charge in [-0.1, -0.05) is 6.07 Å². The van der Waals surface area contributed by atoms with Crippen LogP contribution in [0.5, 0.6) is 0 Å². The average molecular weight is 415 g/mol. The summed E-state index contributed by atoms with van der Waals surface area (Å²) in [7, 11) is 1.97. The van der Waals surface area contributed by atoms with E-state index in [9.17, 15) is 19.2 Å². The van der Waals surface area contributed by atoms with Gasteiger partial charge >= 0.3 is 0 Å². The van der Waals surface area contributed by atoms with Crippen molar-refractivity contribution in [2.75, 3.05) is 34.8 Å². The van der Waals surface area contributed by atoms with Crippen LogP contribution in [0, 0.1) is 5.92 Å². The molecule has 1 N–H and O–H groups in total. The number of hydrogen-bond acceptors (Lipinski definition) is 6. The summed E-state index contributed by atoms with van der Waals surface area (Å²) in [4.78, 5) is 53.1. The van der Waals surface area contributed by atoms with E-state index in [1.807, 2.05) is 25.2 Å². The number of piperidine rings is 2. The molecule has 2 aliphatic heterocycles. The van der Waals surface area contributed by atoms with Crippen LogP contribution in [0.4, 0.5) is 17.1 Å². The van der Waals surface area contributed by atoms with Gasteiger partial charge in [-0.2, -0.15) is 0 Å². The highest BCUT2D eigenvalue weighted by molar-refractivity contribution is 6.05. The van der Waals surface area contributed by atoms with Gasteiger partial charge in [0, 0.05) is 38.5 Å². The Bertz CT molecular complexity index is 817. The minimum absolute atomic E-state index is 0.0886. The highest BCUT2D eigenvalue weighted by Gasteiger charge is 2.34. The molecule has 0 aromatic heterocycles. The molecule has 30 heavy (non-hydrogen) atoms. The lowest BCUT2D eigenvalue weighted by atomic mass is 9.97. The summed E-state index contributed by atoms with van der Waals surface area (Å²) in [6.45, 7) is 5.64. The van der Waals surface area contributed by atoms with Crippen molar-refractivity contribution in [3.05, 3.63) is 18.2 Å². The minimum Gasteiger partial charge on any atom is -0.370 e. The molecule has 2 fully saturated rings. The second kappa shape index (κ2) is 9.28. The number of hydrogen-bond donors (Lipinski definition) is 1. The smallest absolute Gasteiger partial charge is 0.249 e. The van der Waals surface area contributed by atoms with Crippen LogP contribution in [0.25, 0.3) is 0 Å². The van der Waals surface area contributed by atoms with Crippen molar-refractivity contribution in [2.24, 2.45) is 5.92 Å². The largest absolute Gasteiger partial charge is 0.370 e. The molecular weight excluding hydrogens is 384 g/mol. The lowest BCUT2D eigenvalue weighted by Gasteiger charge is -2.39. The number of rotatable bonds is 7. The molecule has 1 aromatic rings. The number of anilines is 3. The summed E-state index contributed by atoms with van der Waals surface area (Å²) in [5.41, 5.74) is 2.49. The Kier molecular flexibility index (Phi) is 6.74. The molecule has 8 heteroatoms. The molecule has 0 spiro atoms. The maximum absolute atomic E-state index is 12.5. The van der Waals surface area contributed by atoms with Gasteiger partial charge in [0.05, 0.1) is 17.1 Å². The lowest BCUT2D eigenvalue weighted by molar-refractivity contribution is -0.134. The minimum atomic E-state index is -0.726. The highest BCUT2D eigenvalue weighted by atomic mass is 16.2. The van der Waals surface area contributed by atoms with Gasteiger partial charge in [0.1, 0.15) is 12.3 Å². The number of carbonyl (C=O) groups is 4. The van der Waals surface area contributed by atoms with Crippen LogP contribution in [0.3, 0.4) is 0 Å². The molecule has 3 amide bonds. The third-order valence-electron chi connectivity index (χ3n) is 6.13. The first-order valence-electron chi connectivity index (χ1n) is 10.5. The van der Waals surface area contributed by atoms with E-state index < -0.39 is 11.9 Å². The fourth-order valence-electron chi connectivity index (χ4n) is 4.12.